The van der Waals surface area contributed by atoms with Gasteiger partial charge in [0.05, 0.1) is 11.8 Å². The van der Waals surface area contributed by atoms with Crippen LogP contribution in [0.5, 0.6) is 0 Å². The predicted octanol–water partition coefficient (Wildman–Crippen LogP) is 4.58. The second kappa shape index (κ2) is 9.05. The number of anilines is 2. The van der Waals surface area contributed by atoms with Crippen molar-refractivity contribution in [1.29, 1.82) is 0 Å². The van der Waals surface area contributed by atoms with E-state index in [1.165, 1.54) is 17.7 Å². The Hall–Kier alpha value is -3.30. The van der Waals surface area contributed by atoms with Crippen LogP contribution in [0.25, 0.3) is 16.8 Å². The summed E-state index contributed by atoms with van der Waals surface area (Å²) in [5, 5.41) is 13.6. The highest BCUT2D eigenvalue weighted by Gasteiger charge is 2.27. The molecule has 1 aromatic carbocycles. The zero-order chi connectivity index (χ0) is 23.9. The van der Waals surface area contributed by atoms with Gasteiger partial charge in [-0.2, -0.15) is 0 Å². The maximum Gasteiger partial charge on any atom is 0.257 e. The second-order valence-corrected chi connectivity index (χ2v) is 10.6. The van der Waals surface area contributed by atoms with Crippen LogP contribution in [0, 0.1) is 0 Å². The van der Waals surface area contributed by atoms with Gasteiger partial charge in [-0.1, -0.05) is 12.1 Å². The summed E-state index contributed by atoms with van der Waals surface area (Å²) in [5.74, 6) is 1.47. The number of amides is 1. The summed E-state index contributed by atoms with van der Waals surface area (Å²) in [4.78, 5) is 28.1. The van der Waals surface area contributed by atoms with Crippen LogP contribution in [0.1, 0.15) is 71.2 Å². The third-order valence-corrected chi connectivity index (χ3v) is 8.23. The molecular weight excluding hydrogens is 460 g/mol. The highest BCUT2D eigenvalue weighted by atomic mass is 32.1. The molecule has 2 aliphatic carbocycles. The third-order valence-electron chi connectivity index (χ3n) is 7.16. The van der Waals surface area contributed by atoms with E-state index in [0.29, 0.717) is 16.5 Å². The normalized spacial score (nSPS) is 20.0. The lowest BCUT2D eigenvalue weighted by atomic mass is 9.87. The van der Waals surface area contributed by atoms with Crippen molar-refractivity contribution >= 4 is 33.7 Å². The number of hydrogen-bond donors (Lipinski definition) is 3. The van der Waals surface area contributed by atoms with Gasteiger partial charge >= 0.3 is 0 Å². The molecule has 1 saturated carbocycles. The summed E-state index contributed by atoms with van der Waals surface area (Å²) in [6.07, 6.45) is 11.1. The quantitative estimate of drug-likeness (QED) is 0.387. The number of hydrogen-bond acceptors (Lipinski definition) is 7. The molecule has 3 aromatic heterocycles. The van der Waals surface area contributed by atoms with E-state index in [1.54, 1.807) is 17.5 Å². The van der Waals surface area contributed by atoms with Gasteiger partial charge in [0.25, 0.3) is 5.91 Å². The number of imidazole rings is 1. The first-order chi connectivity index (χ1) is 17.1. The Bertz CT molecular complexity index is 1360. The zero-order valence-electron chi connectivity index (χ0n) is 19.4. The fourth-order valence-electron chi connectivity index (χ4n) is 5.26. The molecule has 1 fully saturated rings. The van der Waals surface area contributed by atoms with Gasteiger partial charge in [0.15, 0.2) is 5.13 Å². The summed E-state index contributed by atoms with van der Waals surface area (Å²) >= 11 is 1.59. The van der Waals surface area contributed by atoms with Crippen molar-refractivity contribution in [3.05, 3.63) is 58.6 Å². The molecule has 8 nitrogen and oxygen atoms in total. The predicted molar refractivity (Wildman–Crippen MR) is 137 cm³/mol. The van der Waals surface area contributed by atoms with Crippen LogP contribution in [0.3, 0.4) is 0 Å². The monoisotopic (exact) mass is 488 g/mol. The maximum atomic E-state index is 12.9. The molecule has 0 radical (unpaired) electrons. The fourth-order valence-corrected chi connectivity index (χ4v) is 6.31. The molecule has 3 heterocycles. The number of fused-ring (bicyclic) bond motifs is 2. The van der Waals surface area contributed by atoms with Crippen molar-refractivity contribution in [2.24, 2.45) is 0 Å². The molecule has 6 rings (SSSR count). The second-order valence-electron chi connectivity index (χ2n) is 9.48. The first kappa shape index (κ1) is 22.2. The van der Waals surface area contributed by atoms with Gasteiger partial charge in [0.2, 0.25) is 0 Å². The van der Waals surface area contributed by atoms with Crippen molar-refractivity contribution in [2.75, 3.05) is 11.1 Å². The van der Waals surface area contributed by atoms with Gasteiger partial charge in [-0.15, -0.1) is 11.3 Å². The molecule has 35 heavy (non-hydrogen) atoms. The number of aryl methyl sites for hydroxylation is 2. The lowest BCUT2D eigenvalue weighted by molar-refractivity contribution is 0.102. The number of nitrogens with one attached hydrogen (secondary N) is 1. The van der Waals surface area contributed by atoms with Crippen LogP contribution >= 0.6 is 11.3 Å². The van der Waals surface area contributed by atoms with Gasteiger partial charge in [0, 0.05) is 34.3 Å². The Morgan fingerprint density at radius 1 is 1.09 bits per heavy atom. The van der Waals surface area contributed by atoms with Crippen LogP contribution in [0.15, 0.2) is 36.7 Å². The van der Waals surface area contributed by atoms with Crippen LogP contribution in [-0.2, 0) is 12.8 Å². The minimum atomic E-state index is -0.225. The third kappa shape index (κ3) is 4.19. The molecule has 180 valence electrons. The highest BCUT2D eigenvalue weighted by molar-refractivity contribution is 7.15. The molecule has 4 N–H and O–H groups in total. The van der Waals surface area contributed by atoms with Crippen molar-refractivity contribution in [3.63, 3.8) is 0 Å². The number of rotatable bonds is 4. The standard InChI is InChI=1S/C26H28N6O2S/c27-23-22-21(30-24(32(22)14-13-28-23)16-9-11-18(33)12-10-16)15-5-7-17(8-6-15)25(34)31-26-29-19-3-1-2-4-20(19)35-26/h5-8,13-14,16,18,33H,1-4,9-12H2,(H2,27,28)(H,29,31,34). The van der Waals surface area contributed by atoms with Gasteiger partial charge < -0.3 is 10.8 Å². The Kier molecular flexibility index (Phi) is 5.74. The molecule has 0 atom stereocenters. The van der Waals surface area contributed by atoms with Crippen LogP contribution in [0.4, 0.5) is 10.9 Å². The largest absolute Gasteiger partial charge is 0.393 e. The molecule has 4 aromatic rings. The molecule has 0 aliphatic heterocycles. The van der Waals surface area contributed by atoms with E-state index in [2.05, 4.69) is 15.3 Å². The smallest absolute Gasteiger partial charge is 0.257 e. The van der Waals surface area contributed by atoms with E-state index in [1.807, 2.05) is 34.9 Å². The summed E-state index contributed by atoms with van der Waals surface area (Å²) < 4.78 is 2.03. The SMILES string of the molecule is Nc1nccn2c(C3CCC(O)CC3)nc(-c3ccc(C(=O)Nc4nc5c(s4)CCCC5)cc3)c12. The van der Waals surface area contributed by atoms with Crippen molar-refractivity contribution in [1.82, 2.24) is 19.4 Å². The summed E-state index contributed by atoms with van der Waals surface area (Å²) in [5.41, 5.74) is 10.4. The molecule has 9 heteroatoms. The highest BCUT2D eigenvalue weighted by Crippen LogP contribution is 2.37. The van der Waals surface area contributed by atoms with Crippen molar-refractivity contribution < 1.29 is 9.90 Å². The average Bonchev–Trinajstić information content (AvgIpc) is 3.47. The van der Waals surface area contributed by atoms with E-state index in [-0.39, 0.29) is 17.9 Å². The fraction of sp³-hybridized carbons (Fsp3) is 0.385. The van der Waals surface area contributed by atoms with Crippen molar-refractivity contribution in [3.8, 4) is 11.3 Å². The summed E-state index contributed by atoms with van der Waals surface area (Å²) in [6, 6.07) is 7.44. The minimum Gasteiger partial charge on any atom is -0.393 e. The molecule has 0 bridgehead atoms. The number of aliphatic hydroxyl groups excluding tert-OH is 1. The Balaban J connectivity index is 1.28. The van der Waals surface area contributed by atoms with Gasteiger partial charge in [0.1, 0.15) is 22.9 Å². The molecule has 0 saturated heterocycles. The number of nitrogen functional groups attached to an aromatic ring is 1. The average molecular weight is 489 g/mol. The van der Waals surface area contributed by atoms with Gasteiger partial charge in [-0.3, -0.25) is 14.5 Å². The number of aliphatic hydroxyl groups is 1. The van der Waals surface area contributed by atoms with Crippen molar-refractivity contribution in [2.45, 2.75) is 63.4 Å². The molecule has 2 aliphatic rings. The number of carbonyl (C=O) groups is 1. The number of thiazole rings is 1. The number of aromatic nitrogens is 4. The van der Waals surface area contributed by atoms with E-state index in [9.17, 15) is 9.90 Å². The maximum absolute atomic E-state index is 12.9. The molecular formula is C26H28N6O2S. The Labute approximate surface area is 207 Å². The first-order valence-corrected chi connectivity index (χ1v) is 13.1. The van der Waals surface area contributed by atoms with E-state index in [0.717, 1.165) is 66.8 Å². The van der Waals surface area contributed by atoms with Crippen LogP contribution in [0.2, 0.25) is 0 Å². The Morgan fingerprint density at radius 2 is 1.86 bits per heavy atom. The number of nitrogens with zero attached hydrogens (tertiary/aromatic N) is 4. The minimum absolute atomic E-state index is 0.167. The summed E-state index contributed by atoms with van der Waals surface area (Å²) in [7, 11) is 0. The first-order valence-electron chi connectivity index (χ1n) is 12.3. The number of benzene rings is 1. The van der Waals surface area contributed by atoms with Gasteiger partial charge in [-0.05, 0) is 63.5 Å². The number of carbonyl (C=O) groups excluding carboxylic acids is 1. The molecule has 1 amide bonds. The topological polar surface area (TPSA) is 118 Å². The molecule has 0 unspecified atom stereocenters. The lowest BCUT2D eigenvalue weighted by Crippen LogP contribution is -2.18. The van der Waals surface area contributed by atoms with Crippen LogP contribution in [-0.4, -0.2) is 36.5 Å². The zero-order valence-corrected chi connectivity index (χ0v) is 20.2. The molecule has 0 spiro atoms. The number of nitrogens with two attached hydrogens (primary N) is 1. The van der Waals surface area contributed by atoms with E-state index < -0.39 is 0 Å². The van der Waals surface area contributed by atoms with Gasteiger partial charge in [-0.25, -0.2) is 15.0 Å². The Morgan fingerprint density at radius 3 is 2.63 bits per heavy atom. The lowest BCUT2D eigenvalue weighted by Gasteiger charge is -2.24. The van der Waals surface area contributed by atoms with E-state index >= 15 is 0 Å². The summed E-state index contributed by atoms with van der Waals surface area (Å²) in [6.45, 7) is 0. The van der Waals surface area contributed by atoms with Crippen LogP contribution < -0.4 is 11.1 Å². The van der Waals surface area contributed by atoms with E-state index in [4.69, 9.17) is 10.7 Å².